The zero-order chi connectivity index (χ0) is 13.1. The summed E-state index contributed by atoms with van der Waals surface area (Å²) in [6.07, 6.45) is 3.75. The van der Waals surface area contributed by atoms with Gasteiger partial charge < -0.3 is 11.1 Å². The van der Waals surface area contributed by atoms with Crippen LogP contribution in [-0.2, 0) is 6.54 Å². The van der Waals surface area contributed by atoms with Gasteiger partial charge in [-0.2, -0.15) is 5.10 Å². The van der Waals surface area contributed by atoms with E-state index in [9.17, 15) is 0 Å². The fourth-order valence-corrected chi connectivity index (χ4v) is 1.96. The summed E-state index contributed by atoms with van der Waals surface area (Å²) in [5.74, 6) is 0. The largest absolute Gasteiger partial charge is 0.397 e. The molecule has 0 fully saturated rings. The van der Waals surface area contributed by atoms with Crippen molar-refractivity contribution in [3.05, 3.63) is 41.7 Å². The van der Waals surface area contributed by atoms with E-state index >= 15 is 0 Å². The van der Waals surface area contributed by atoms with Gasteiger partial charge in [-0.1, -0.05) is 0 Å². The lowest BCUT2D eigenvalue weighted by Gasteiger charge is -2.18. The second-order valence-corrected chi connectivity index (χ2v) is 4.80. The van der Waals surface area contributed by atoms with Gasteiger partial charge in [0.05, 0.1) is 17.9 Å². The third-order valence-electron chi connectivity index (χ3n) is 3.09. The maximum Gasteiger partial charge on any atom is 0.0608 e. The third-order valence-corrected chi connectivity index (χ3v) is 3.09. The predicted octanol–water partition coefficient (Wildman–Crippen LogP) is 2.58. The van der Waals surface area contributed by atoms with Gasteiger partial charge in [0.25, 0.3) is 0 Å². The number of hydrogen-bond donors (Lipinski definition) is 2. The van der Waals surface area contributed by atoms with Crippen LogP contribution in [0.25, 0.3) is 0 Å². The van der Waals surface area contributed by atoms with Crippen molar-refractivity contribution < 1.29 is 0 Å². The molecule has 0 saturated carbocycles. The van der Waals surface area contributed by atoms with Crippen LogP contribution in [0.15, 0.2) is 30.6 Å². The maximum absolute atomic E-state index is 6.03. The molecule has 0 radical (unpaired) electrons. The van der Waals surface area contributed by atoms with E-state index in [1.165, 1.54) is 11.1 Å². The summed E-state index contributed by atoms with van der Waals surface area (Å²) in [5.41, 5.74) is 10.3. The molecule has 0 aliphatic carbocycles. The number of aromatic nitrogens is 2. The molecular weight excluding hydrogens is 224 g/mol. The first-order valence-electron chi connectivity index (χ1n) is 6.17. The molecule has 0 spiro atoms. The van der Waals surface area contributed by atoms with Crippen molar-refractivity contribution >= 4 is 11.4 Å². The lowest BCUT2D eigenvalue weighted by molar-refractivity contribution is 0.561. The number of aryl methyl sites for hydroxylation is 2. The Morgan fingerprint density at radius 3 is 2.72 bits per heavy atom. The quantitative estimate of drug-likeness (QED) is 0.813. The van der Waals surface area contributed by atoms with Gasteiger partial charge in [0.15, 0.2) is 0 Å². The molecule has 96 valence electrons. The summed E-state index contributed by atoms with van der Waals surface area (Å²) >= 11 is 0. The van der Waals surface area contributed by atoms with Crippen LogP contribution in [0.2, 0.25) is 0 Å². The highest BCUT2D eigenvalue weighted by molar-refractivity contribution is 5.68. The Morgan fingerprint density at radius 2 is 2.06 bits per heavy atom. The number of nitrogens with two attached hydrogens (primary N) is 1. The fourth-order valence-electron chi connectivity index (χ4n) is 1.96. The van der Waals surface area contributed by atoms with Crippen LogP contribution >= 0.6 is 0 Å². The Bertz CT molecular complexity index is 517. The highest BCUT2D eigenvalue weighted by atomic mass is 15.3. The molecule has 2 aromatic rings. The van der Waals surface area contributed by atoms with E-state index in [4.69, 9.17) is 5.73 Å². The molecule has 0 aliphatic rings. The third kappa shape index (κ3) is 2.83. The first-order valence-corrected chi connectivity index (χ1v) is 6.17. The molecule has 1 aromatic heterocycles. The number of rotatable bonds is 4. The van der Waals surface area contributed by atoms with E-state index in [0.717, 1.165) is 17.9 Å². The van der Waals surface area contributed by atoms with E-state index in [2.05, 4.69) is 37.3 Å². The Morgan fingerprint density at radius 1 is 1.33 bits per heavy atom. The number of hydrogen-bond acceptors (Lipinski definition) is 3. The van der Waals surface area contributed by atoms with Crippen LogP contribution in [-0.4, -0.2) is 15.8 Å². The lowest BCUT2D eigenvalue weighted by atomic mass is 10.1. The number of nitrogens with zero attached hydrogens (tertiary/aromatic N) is 2. The van der Waals surface area contributed by atoms with Gasteiger partial charge in [-0.25, -0.2) is 0 Å². The van der Waals surface area contributed by atoms with Gasteiger partial charge >= 0.3 is 0 Å². The molecule has 0 amide bonds. The minimum Gasteiger partial charge on any atom is -0.397 e. The normalized spacial score (nSPS) is 12.4. The fraction of sp³-hybridized carbons (Fsp3) is 0.357. The minimum atomic E-state index is 0.273. The van der Waals surface area contributed by atoms with Gasteiger partial charge in [-0.3, -0.25) is 4.68 Å². The smallest absolute Gasteiger partial charge is 0.0608 e. The Labute approximate surface area is 108 Å². The van der Waals surface area contributed by atoms with Crippen LogP contribution in [0.1, 0.15) is 18.1 Å². The van der Waals surface area contributed by atoms with Crippen LogP contribution in [0, 0.1) is 13.8 Å². The predicted molar refractivity (Wildman–Crippen MR) is 75.6 cm³/mol. The average Bonchev–Trinajstić information content (AvgIpc) is 2.78. The van der Waals surface area contributed by atoms with Crippen LogP contribution in [0.3, 0.4) is 0 Å². The molecular formula is C14H20N4. The highest BCUT2D eigenvalue weighted by Crippen LogP contribution is 2.23. The van der Waals surface area contributed by atoms with Crippen LogP contribution in [0.5, 0.6) is 0 Å². The minimum absolute atomic E-state index is 0.273. The molecule has 18 heavy (non-hydrogen) atoms. The molecule has 1 atom stereocenters. The molecule has 0 bridgehead atoms. The molecule has 4 nitrogen and oxygen atoms in total. The molecule has 2 rings (SSSR count). The first-order chi connectivity index (χ1) is 8.56. The lowest BCUT2D eigenvalue weighted by Crippen LogP contribution is -2.22. The van der Waals surface area contributed by atoms with Crippen molar-refractivity contribution in [3.8, 4) is 0 Å². The number of nitrogens with one attached hydrogen (secondary N) is 1. The topological polar surface area (TPSA) is 55.9 Å². The Balaban J connectivity index is 2.07. The number of benzene rings is 1. The van der Waals surface area contributed by atoms with E-state index < -0.39 is 0 Å². The molecule has 0 aliphatic heterocycles. The molecule has 1 aromatic carbocycles. The summed E-state index contributed by atoms with van der Waals surface area (Å²) in [5, 5.41) is 7.63. The Kier molecular flexibility index (Phi) is 3.55. The second kappa shape index (κ2) is 5.12. The van der Waals surface area contributed by atoms with Crippen molar-refractivity contribution in [2.45, 2.75) is 33.4 Å². The molecule has 3 N–H and O–H groups in total. The van der Waals surface area contributed by atoms with E-state index in [0.29, 0.717) is 0 Å². The van der Waals surface area contributed by atoms with Gasteiger partial charge in [0.2, 0.25) is 0 Å². The maximum atomic E-state index is 6.03. The van der Waals surface area contributed by atoms with E-state index in [1.54, 1.807) is 6.20 Å². The number of anilines is 2. The van der Waals surface area contributed by atoms with Gasteiger partial charge in [-0.05, 0) is 50.1 Å². The molecule has 1 unspecified atom stereocenters. The van der Waals surface area contributed by atoms with Crippen molar-refractivity contribution in [1.29, 1.82) is 0 Å². The SMILES string of the molecule is Cc1cc(N)c(NC(C)Cn2cccn2)cc1C. The van der Waals surface area contributed by atoms with Crippen molar-refractivity contribution in [1.82, 2.24) is 9.78 Å². The van der Waals surface area contributed by atoms with Crippen molar-refractivity contribution in [2.24, 2.45) is 0 Å². The summed E-state index contributed by atoms with van der Waals surface area (Å²) < 4.78 is 1.91. The van der Waals surface area contributed by atoms with Crippen LogP contribution in [0.4, 0.5) is 11.4 Å². The summed E-state index contributed by atoms with van der Waals surface area (Å²) in [4.78, 5) is 0. The van der Waals surface area contributed by atoms with Crippen molar-refractivity contribution in [3.63, 3.8) is 0 Å². The highest BCUT2D eigenvalue weighted by Gasteiger charge is 2.07. The van der Waals surface area contributed by atoms with Crippen molar-refractivity contribution in [2.75, 3.05) is 11.1 Å². The van der Waals surface area contributed by atoms with E-state index in [1.807, 2.05) is 23.0 Å². The standard InChI is InChI=1S/C14H20N4/c1-10-7-13(15)14(8-11(10)2)17-12(3)9-18-6-4-5-16-18/h4-8,12,17H,9,15H2,1-3H3. The van der Waals surface area contributed by atoms with Gasteiger partial charge in [0.1, 0.15) is 0 Å². The first kappa shape index (κ1) is 12.5. The average molecular weight is 244 g/mol. The van der Waals surface area contributed by atoms with E-state index in [-0.39, 0.29) is 6.04 Å². The molecule has 4 heteroatoms. The molecule has 0 saturated heterocycles. The van der Waals surface area contributed by atoms with Gasteiger partial charge in [0, 0.05) is 18.4 Å². The number of nitrogen functional groups attached to an aromatic ring is 1. The zero-order valence-corrected chi connectivity index (χ0v) is 11.1. The van der Waals surface area contributed by atoms with Crippen LogP contribution < -0.4 is 11.1 Å². The second-order valence-electron chi connectivity index (χ2n) is 4.80. The monoisotopic (exact) mass is 244 g/mol. The molecule has 1 heterocycles. The summed E-state index contributed by atoms with van der Waals surface area (Å²) in [7, 11) is 0. The van der Waals surface area contributed by atoms with Gasteiger partial charge in [-0.15, -0.1) is 0 Å². The summed E-state index contributed by atoms with van der Waals surface area (Å²) in [6, 6.07) is 6.31. The Hall–Kier alpha value is -1.97. The zero-order valence-electron chi connectivity index (χ0n) is 11.1. The summed E-state index contributed by atoms with van der Waals surface area (Å²) in [6.45, 7) is 7.11.